The average molecular weight is 360 g/mol. The standard InChI is InChI=1S/C21H33N3O2/c1-22-13-15-23(16-14-22)12-10-19-5-3-4-11-24(19)21(25)17-18-6-8-20(26-2)9-7-18/h6-9,19H,3-5,10-17H2,1-2H3. The summed E-state index contributed by atoms with van der Waals surface area (Å²) in [5, 5.41) is 0. The molecule has 2 aliphatic rings. The number of benzene rings is 1. The highest BCUT2D eigenvalue weighted by molar-refractivity contribution is 5.79. The van der Waals surface area contributed by atoms with Gasteiger partial charge in [0.25, 0.3) is 0 Å². The molecule has 1 unspecified atom stereocenters. The van der Waals surface area contributed by atoms with E-state index >= 15 is 0 Å². The Bertz CT molecular complexity index is 567. The Kier molecular flexibility index (Phi) is 6.92. The number of rotatable bonds is 6. The van der Waals surface area contributed by atoms with Gasteiger partial charge in [-0.05, 0) is 50.4 Å². The fourth-order valence-electron chi connectivity index (χ4n) is 4.05. The molecule has 3 rings (SSSR count). The van der Waals surface area contributed by atoms with Gasteiger partial charge >= 0.3 is 0 Å². The first-order chi connectivity index (χ1) is 12.7. The third kappa shape index (κ3) is 5.21. The van der Waals surface area contributed by atoms with E-state index in [1.54, 1.807) is 7.11 Å². The maximum absolute atomic E-state index is 12.9. The van der Waals surface area contributed by atoms with E-state index in [1.807, 2.05) is 24.3 Å². The van der Waals surface area contributed by atoms with Gasteiger partial charge in [-0.15, -0.1) is 0 Å². The van der Waals surface area contributed by atoms with E-state index in [0.717, 1.165) is 69.8 Å². The number of likely N-dealkylation sites (N-methyl/N-ethyl adjacent to an activating group) is 1. The van der Waals surface area contributed by atoms with Gasteiger partial charge in [0.2, 0.25) is 5.91 Å². The molecule has 1 atom stereocenters. The maximum atomic E-state index is 12.9. The van der Waals surface area contributed by atoms with Crippen LogP contribution in [0.1, 0.15) is 31.2 Å². The number of amides is 1. The summed E-state index contributed by atoms with van der Waals surface area (Å²) >= 11 is 0. The number of nitrogens with zero attached hydrogens (tertiary/aromatic N) is 3. The molecule has 1 aromatic rings. The van der Waals surface area contributed by atoms with Crippen molar-refractivity contribution in [3.63, 3.8) is 0 Å². The predicted octanol–water partition coefficient (Wildman–Crippen LogP) is 2.26. The molecular weight excluding hydrogens is 326 g/mol. The third-order valence-corrected chi connectivity index (χ3v) is 5.84. The number of hydrogen-bond acceptors (Lipinski definition) is 4. The highest BCUT2D eigenvalue weighted by Gasteiger charge is 2.27. The number of piperidine rings is 1. The Morgan fingerprint density at radius 1 is 1.08 bits per heavy atom. The first kappa shape index (κ1) is 19.2. The number of ether oxygens (including phenoxy) is 1. The van der Waals surface area contributed by atoms with Crippen LogP contribution < -0.4 is 4.74 Å². The van der Waals surface area contributed by atoms with Gasteiger partial charge in [0.1, 0.15) is 5.75 Å². The minimum absolute atomic E-state index is 0.276. The highest BCUT2D eigenvalue weighted by Crippen LogP contribution is 2.22. The Balaban J connectivity index is 1.52. The molecule has 1 aromatic carbocycles. The molecular formula is C21H33N3O2. The van der Waals surface area contributed by atoms with Gasteiger partial charge in [0.15, 0.2) is 0 Å². The van der Waals surface area contributed by atoms with E-state index in [0.29, 0.717) is 12.5 Å². The summed E-state index contributed by atoms with van der Waals surface area (Å²) in [5.74, 6) is 1.11. The zero-order chi connectivity index (χ0) is 18.4. The molecule has 2 fully saturated rings. The lowest BCUT2D eigenvalue weighted by Crippen LogP contribution is -2.48. The Labute approximate surface area is 157 Å². The fraction of sp³-hybridized carbons (Fsp3) is 0.667. The molecule has 0 N–H and O–H groups in total. The molecule has 0 spiro atoms. The Hall–Kier alpha value is -1.59. The topological polar surface area (TPSA) is 36.0 Å². The molecule has 2 aliphatic heterocycles. The molecule has 5 nitrogen and oxygen atoms in total. The fourth-order valence-corrected chi connectivity index (χ4v) is 4.05. The van der Waals surface area contributed by atoms with Crippen LogP contribution in [0.25, 0.3) is 0 Å². The van der Waals surface area contributed by atoms with Crippen LogP contribution in [0.3, 0.4) is 0 Å². The number of likely N-dealkylation sites (tertiary alicyclic amines) is 1. The SMILES string of the molecule is COc1ccc(CC(=O)N2CCCCC2CCN2CCN(C)CC2)cc1. The number of carbonyl (C=O) groups excluding carboxylic acids is 1. The molecule has 2 saturated heterocycles. The lowest BCUT2D eigenvalue weighted by atomic mass is 9.97. The van der Waals surface area contributed by atoms with Crippen molar-refractivity contribution in [1.82, 2.24) is 14.7 Å². The second-order valence-electron chi connectivity index (χ2n) is 7.70. The summed E-state index contributed by atoms with van der Waals surface area (Å²) in [4.78, 5) is 20.0. The van der Waals surface area contributed by atoms with E-state index in [4.69, 9.17) is 4.74 Å². The van der Waals surface area contributed by atoms with Crippen molar-refractivity contribution in [1.29, 1.82) is 0 Å². The van der Waals surface area contributed by atoms with E-state index < -0.39 is 0 Å². The summed E-state index contributed by atoms with van der Waals surface area (Å²) in [5.41, 5.74) is 1.07. The van der Waals surface area contributed by atoms with E-state index in [9.17, 15) is 4.79 Å². The van der Waals surface area contributed by atoms with Crippen LogP contribution in [0.2, 0.25) is 0 Å². The summed E-state index contributed by atoms with van der Waals surface area (Å²) in [6, 6.07) is 8.28. The lowest BCUT2D eigenvalue weighted by Gasteiger charge is -2.38. The Morgan fingerprint density at radius 3 is 2.50 bits per heavy atom. The van der Waals surface area contributed by atoms with Gasteiger partial charge in [-0.1, -0.05) is 12.1 Å². The van der Waals surface area contributed by atoms with Crippen molar-refractivity contribution in [2.24, 2.45) is 0 Å². The summed E-state index contributed by atoms with van der Waals surface area (Å²) < 4.78 is 5.20. The van der Waals surface area contributed by atoms with Crippen LogP contribution in [0, 0.1) is 0 Å². The van der Waals surface area contributed by atoms with Crippen molar-refractivity contribution in [3.05, 3.63) is 29.8 Å². The largest absolute Gasteiger partial charge is 0.497 e. The van der Waals surface area contributed by atoms with Gasteiger partial charge in [-0.25, -0.2) is 0 Å². The predicted molar refractivity (Wildman–Crippen MR) is 105 cm³/mol. The van der Waals surface area contributed by atoms with Crippen LogP contribution >= 0.6 is 0 Å². The molecule has 144 valence electrons. The first-order valence-corrected chi connectivity index (χ1v) is 9.99. The molecule has 0 aliphatic carbocycles. The summed E-state index contributed by atoms with van der Waals surface area (Å²) in [6.45, 7) is 6.66. The number of carbonyl (C=O) groups is 1. The van der Waals surface area contributed by atoms with Crippen LogP contribution in [-0.2, 0) is 11.2 Å². The zero-order valence-electron chi connectivity index (χ0n) is 16.3. The number of methoxy groups -OCH3 is 1. The highest BCUT2D eigenvalue weighted by atomic mass is 16.5. The maximum Gasteiger partial charge on any atom is 0.227 e. The second kappa shape index (κ2) is 9.38. The van der Waals surface area contributed by atoms with Crippen LogP contribution in [-0.4, -0.2) is 80.1 Å². The van der Waals surface area contributed by atoms with Gasteiger partial charge in [-0.2, -0.15) is 0 Å². The molecule has 26 heavy (non-hydrogen) atoms. The second-order valence-corrected chi connectivity index (χ2v) is 7.70. The Morgan fingerprint density at radius 2 is 1.81 bits per heavy atom. The molecule has 2 heterocycles. The quantitative estimate of drug-likeness (QED) is 0.781. The van der Waals surface area contributed by atoms with Gasteiger partial charge in [-0.3, -0.25) is 4.79 Å². The van der Waals surface area contributed by atoms with Gasteiger partial charge < -0.3 is 19.4 Å². The smallest absolute Gasteiger partial charge is 0.227 e. The average Bonchev–Trinajstić information content (AvgIpc) is 2.68. The first-order valence-electron chi connectivity index (χ1n) is 9.99. The number of piperazine rings is 1. The van der Waals surface area contributed by atoms with Crippen LogP contribution in [0.15, 0.2) is 24.3 Å². The van der Waals surface area contributed by atoms with E-state index in [-0.39, 0.29) is 5.91 Å². The summed E-state index contributed by atoms with van der Waals surface area (Å²) in [6.07, 6.45) is 5.15. The van der Waals surface area contributed by atoms with E-state index in [1.165, 1.54) is 6.42 Å². The normalized spacial score (nSPS) is 22.4. The number of hydrogen-bond donors (Lipinski definition) is 0. The van der Waals surface area contributed by atoms with Crippen molar-refractivity contribution >= 4 is 5.91 Å². The van der Waals surface area contributed by atoms with Crippen molar-refractivity contribution in [2.45, 2.75) is 38.1 Å². The van der Waals surface area contributed by atoms with Gasteiger partial charge in [0, 0.05) is 45.3 Å². The van der Waals surface area contributed by atoms with Crippen molar-refractivity contribution in [3.8, 4) is 5.75 Å². The minimum atomic E-state index is 0.276. The van der Waals surface area contributed by atoms with Crippen LogP contribution in [0.5, 0.6) is 5.75 Å². The third-order valence-electron chi connectivity index (χ3n) is 5.84. The van der Waals surface area contributed by atoms with Crippen molar-refractivity contribution < 1.29 is 9.53 Å². The molecule has 0 saturated carbocycles. The van der Waals surface area contributed by atoms with Crippen molar-refractivity contribution in [2.75, 3.05) is 53.4 Å². The molecule has 0 bridgehead atoms. The molecule has 0 radical (unpaired) electrons. The molecule has 1 amide bonds. The van der Waals surface area contributed by atoms with E-state index in [2.05, 4.69) is 21.7 Å². The molecule has 5 heteroatoms. The van der Waals surface area contributed by atoms with Crippen LogP contribution in [0.4, 0.5) is 0 Å². The minimum Gasteiger partial charge on any atom is -0.497 e. The molecule has 0 aromatic heterocycles. The monoisotopic (exact) mass is 359 g/mol. The lowest BCUT2D eigenvalue weighted by molar-refractivity contribution is -0.134. The summed E-state index contributed by atoms with van der Waals surface area (Å²) in [7, 11) is 3.86. The van der Waals surface area contributed by atoms with Gasteiger partial charge in [0.05, 0.1) is 13.5 Å². The zero-order valence-corrected chi connectivity index (χ0v) is 16.3.